The van der Waals surface area contributed by atoms with Crippen molar-refractivity contribution in [2.75, 3.05) is 13.2 Å². The van der Waals surface area contributed by atoms with Gasteiger partial charge in [0.05, 0.1) is 0 Å². The van der Waals surface area contributed by atoms with E-state index in [-0.39, 0.29) is 0 Å². The van der Waals surface area contributed by atoms with Crippen LogP contribution in [0.2, 0.25) is 0 Å². The number of rotatable bonds is 6. The molecule has 0 fully saturated rings. The zero-order chi connectivity index (χ0) is 14.5. The molecular weight excluding hydrogens is 260 g/mol. The first-order valence-corrected chi connectivity index (χ1v) is 7.28. The van der Waals surface area contributed by atoms with E-state index in [1.165, 1.54) is 22.0 Å². The van der Waals surface area contributed by atoms with Crippen molar-refractivity contribution in [2.24, 2.45) is 0 Å². The van der Waals surface area contributed by atoms with Crippen LogP contribution in [-0.2, 0) is 6.54 Å². The van der Waals surface area contributed by atoms with E-state index in [1.54, 1.807) is 0 Å². The van der Waals surface area contributed by atoms with Crippen LogP contribution in [0.25, 0.3) is 10.9 Å². The summed E-state index contributed by atoms with van der Waals surface area (Å²) in [5, 5.41) is 4.70. The Bertz CT molecular complexity index is 718. The van der Waals surface area contributed by atoms with E-state index < -0.39 is 0 Å². The third kappa shape index (κ3) is 3.44. The minimum absolute atomic E-state index is 0.672. The Hall–Kier alpha value is -2.26. The SMILES string of the molecule is Cc1cccc(OCCNCc2c[nH]c3ccccc23)c1. The molecule has 1 heterocycles. The predicted molar refractivity (Wildman–Crippen MR) is 86.7 cm³/mol. The summed E-state index contributed by atoms with van der Waals surface area (Å²) in [7, 11) is 0. The zero-order valence-corrected chi connectivity index (χ0v) is 12.2. The fourth-order valence-corrected chi connectivity index (χ4v) is 2.45. The van der Waals surface area contributed by atoms with Crippen LogP contribution in [0.3, 0.4) is 0 Å². The lowest BCUT2D eigenvalue weighted by Crippen LogP contribution is -2.20. The molecule has 0 atom stereocenters. The highest BCUT2D eigenvalue weighted by Gasteiger charge is 2.01. The third-order valence-electron chi connectivity index (χ3n) is 3.53. The molecule has 3 heteroatoms. The number of aromatic amines is 1. The van der Waals surface area contributed by atoms with Gasteiger partial charge in [0.1, 0.15) is 12.4 Å². The molecule has 0 aliphatic carbocycles. The molecule has 0 saturated heterocycles. The van der Waals surface area contributed by atoms with E-state index in [9.17, 15) is 0 Å². The molecule has 3 rings (SSSR count). The molecule has 0 unspecified atom stereocenters. The Morgan fingerprint density at radius 2 is 2.00 bits per heavy atom. The lowest BCUT2D eigenvalue weighted by molar-refractivity contribution is 0.313. The van der Waals surface area contributed by atoms with Crippen LogP contribution in [0.1, 0.15) is 11.1 Å². The molecular formula is C18H20N2O. The van der Waals surface area contributed by atoms with Crippen LogP contribution in [0.15, 0.2) is 54.7 Å². The first kappa shape index (κ1) is 13.7. The van der Waals surface area contributed by atoms with Crippen molar-refractivity contribution in [3.63, 3.8) is 0 Å². The maximum atomic E-state index is 5.72. The smallest absolute Gasteiger partial charge is 0.119 e. The van der Waals surface area contributed by atoms with Gasteiger partial charge in [0.25, 0.3) is 0 Å². The summed E-state index contributed by atoms with van der Waals surface area (Å²) in [4.78, 5) is 3.29. The molecule has 1 aromatic heterocycles. The summed E-state index contributed by atoms with van der Waals surface area (Å²) in [6.07, 6.45) is 2.07. The molecule has 2 aromatic carbocycles. The summed E-state index contributed by atoms with van der Waals surface area (Å²) in [6.45, 7) is 4.42. The highest BCUT2D eigenvalue weighted by atomic mass is 16.5. The molecule has 0 radical (unpaired) electrons. The van der Waals surface area contributed by atoms with Gasteiger partial charge in [-0.1, -0.05) is 30.3 Å². The minimum atomic E-state index is 0.672. The van der Waals surface area contributed by atoms with Gasteiger partial charge in [-0.2, -0.15) is 0 Å². The average molecular weight is 280 g/mol. The Morgan fingerprint density at radius 3 is 2.90 bits per heavy atom. The van der Waals surface area contributed by atoms with Crippen molar-refractivity contribution in [1.82, 2.24) is 10.3 Å². The van der Waals surface area contributed by atoms with Crippen LogP contribution < -0.4 is 10.1 Å². The number of hydrogen-bond donors (Lipinski definition) is 2. The van der Waals surface area contributed by atoms with Gasteiger partial charge in [0.2, 0.25) is 0 Å². The van der Waals surface area contributed by atoms with Gasteiger partial charge < -0.3 is 15.0 Å². The summed E-state index contributed by atoms with van der Waals surface area (Å²) in [5.74, 6) is 0.934. The second-order valence-electron chi connectivity index (χ2n) is 5.20. The zero-order valence-electron chi connectivity index (χ0n) is 12.2. The standard InChI is InChI=1S/C18H20N2O/c1-14-5-4-6-16(11-14)21-10-9-19-12-15-13-20-18-8-3-2-7-17(15)18/h2-8,11,13,19-20H,9-10,12H2,1H3. The topological polar surface area (TPSA) is 37.0 Å². The molecule has 21 heavy (non-hydrogen) atoms. The van der Waals surface area contributed by atoms with Crippen molar-refractivity contribution >= 4 is 10.9 Å². The van der Waals surface area contributed by atoms with Crippen LogP contribution in [0.4, 0.5) is 0 Å². The average Bonchev–Trinajstić information content (AvgIpc) is 2.90. The van der Waals surface area contributed by atoms with Crippen molar-refractivity contribution in [1.29, 1.82) is 0 Å². The van der Waals surface area contributed by atoms with Gasteiger partial charge >= 0.3 is 0 Å². The van der Waals surface area contributed by atoms with Crippen molar-refractivity contribution in [3.8, 4) is 5.75 Å². The van der Waals surface area contributed by atoms with Crippen LogP contribution in [0, 0.1) is 6.92 Å². The number of fused-ring (bicyclic) bond motifs is 1. The van der Waals surface area contributed by atoms with Gasteiger partial charge in [-0.05, 0) is 36.2 Å². The van der Waals surface area contributed by atoms with Crippen molar-refractivity contribution < 1.29 is 4.74 Å². The molecule has 0 bridgehead atoms. The molecule has 2 N–H and O–H groups in total. The number of benzene rings is 2. The normalized spacial score (nSPS) is 10.9. The largest absolute Gasteiger partial charge is 0.492 e. The Kier molecular flexibility index (Phi) is 4.22. The van der Waals surface area contributed by atoms with E-state index in [1.807, 2.05) is 18.2 Å². The molecule has 0 saturated carbocycles. The highest BCUT2D eigenvalue weighted by Crippen LogP contribution is 2.17. The summed E-state index contributed by atoms with van der Waals surface area (Å²) >= 11 is 0. The molecule has 3 aromatic rings. The quantitative estimate of drug-likeness (QED) is 0.676. The van der Waals surface area contributed by atoms with Crippen molar-refractivity contribution in [3.05, 3.63) is 65.9 Å². The molecule has 0 aliphatic heterocycles. The van der Waals surface area contributed by atoms with E-state index in [0.29, 0.717) is 6.61 Å². The first-order chi connectivity index (χ1) is 10.3. The van der Waals surface area contributed by atoms with E-state index in [0.717, 1.165) is 18.8 Å². The number of nitrogens with one attached hydrogen (secondary N) is 2. The fraction of sp³-hybridized carbons (Fsp3) is 0.222. The number of para-hydroxylation sites is 1. The molecule has 0 aliphatic rings. The van der Waals surface area contributed by atoms with Crippen LogP contribution >= 0.6 is 0 Å². The second kappa shape index (κ2) is 6.46. The third-order valence-corrected chi connectivity index (χ3v) is 3.53. The van der Waals surface area contributed by atoms with Crippen LogP contribution in [0.5, 0.6) is 5.75 Å². The number of aromatic nitrogens is 1. The number of ether oxygens (including phenoxy) is 1. The lowest BCUT2D eigenvalue weighted by atomic mass is 10.2. The number of hydrogen-bond acceptors (Lipinski definition) is 2. The molecule has 108 valence electrons. The van der Waals surface area contributed by atoms with E-state index in [4.69, 9.17) is 4.74 Å². The number of H-pyrrole nitrogens is 1. The predicted octanol–water partition coefficient (Wildman–Crippen LogP) is 3.64. The van der Waals surface area contributed by atoms with Gasteiger partial charge in [-0.15, -0.1) is 0 Å². The minimum Gasteiger partial charge on any atom is -0.492 e. The second-order valence-corrected chi connectivity index (χ2v) is 5.20. The summed E-state index contributed by atoms with van der Waals surface area (Å²) in [6, 6.07) is 16.5. The van der Waals surface area contributed by atoms with Gasteiger partial charge in [-0.3, -0.25) is 0 Å². The van der Waals surface area contributed by atoms with Gasteiger partial charge in [-0.25, -0.2) is 0 Å². The monoisotopic (exact) mass is 280 g/mol. The number of aryl methyl sites for hydroxylation is 1. The van der Waals surface area contributed by atoms with E-state index >= 15 is 0 Å². The molecule has 3 nitrogen and oxygen atoms in total. The maximum Gasteiger partial charge on any atom is 0.119 e. The lowest BCUT2D eigenvalue weighted by Gasteiger charge is -2.08. The van der Waals surface area contributed by atoms with Crippen LogP contribution in [-0.4, -0.2) is 18.1 Å². The van der Waals surface area contributed by atoms with Crippen molar-refractivity contribution in [2.45, 2.75) is 13.5 Å². The Morgan fingerprint density at radius 1 is 1.10 bits per heavy atom. The fourth-order valence-electron chi connectivity index (χ4n) is 2.45. The molecule has 0 spiro atoms. The maximum absolute atomic E-state index is 5.72. The Balaban J connectivity index is 1.46. The molecule has 0 amide bonds. The van der Waals surface area contributed by atoms with E-state index in [2.05, 4.69) is 53.8 Å². The van der Waals surface area contributed by atoms with Gasteiger partial charge in [0.15, 0.2) is 0 Å². The first-order valence-electron chi connectivity index (χ1n) is 7.28. The summed E-state index contributed by atoms with van der Waals surface area (Å²) < 4.78 is 5.72. The summed E-state index contributed by atoms with van der Waals surface area (Å²) in [5.41, 5.74) is 3.70. The highest BCUT2D eigenvalue weighted by molar-refractivity contribution is 5.82. The van der Waals surface area contributed by atoms with Gasteiger partial charge in [0, 0.05) is 30.2 Å². The Labute approximate surface area is 125 Å².